The quantitative estimate of drug-likeness (QED) is 0.728. The van der Waals surface area contributed by atoms with Crippen LogP contribution in [0.4, 0.5) is 0 Å². The number of likely N-dealkylation sites (N-methyl/N-ethyl adjacent to an activating group) is 1. The number of hydrogen-bond acceptors (Lipinski definition) is 4. The third-order valence-corrected chi connectivity index (χ3v) is 7.26. The van der Waals surface area contributed by atoms with Gasteiger partial charge in [-0.05, 0) is 43.3 Å². The summed E-state index contributed by atoms with van der Waals surface area (Å²) in [5, 5.41) is 0. The highest BCUT2D eigenvalue weighted by atomic mass is 32.2. The molecule has 0 N–H and O–H groups in total. The zero-order valence-electron chi connectivity index (χ0n) is 17.3. The Balaban J connectivity index is 1.64. The lowest BCUT2D eigenvalue weighted by Gasteiger charge is -2.34. The molecule has 156 valence electrons. The topological polar surface area (TPSA) is 60.9 Å². The van der Waals surface area contributed by atoms with Crippen molar-refractivity contribution in [3.63, 3.8) is 0 Å². The van der Waals surface area contributed by atoms with E-state index in [1.54, 1.807) is 43.4 Å². The van der Waals surface area contributed by atoms with Gasteiger partial charge in [0, 0.05) is 45.3 Å². The van der Waals surface area contributed by atoms with Crippen molar-refractivity contribution in [1.82, 2.24) is 14.1 Å². The predicted molar refractivity (Wildman–Crippen MR) is 114 cm³/mol. The molecule has 1 aliphatic rings. The molecular formula is C22H29N3O3S. The van der Waals surface area contributed by atoms with Crippen molar-refractivity contribution < 1.29 is 13.2 Å². The molecule has 7 heteroatoms. The van der Waals surface area contributed by atoms with Gasteiger partial charge in [0.2, 0.25) is 10.0 Å². The van der Waals surface area contributed by atoms with Crippen molar-refractivity contribution in [2.45, 2.75) is 25.3 Å². The molecule has 0 aliphatic carbocycles. The average Bonchev–Trinajstić information content (AvgIpc) is 2.74. The van der Waals surface area contributed by atoms with Gasteiger partial charge in [-0.2, -0.15) is 4.31 Å². The molecule has 2 aromatic rings. The molecule has 2 aromatic carbocycles. The summed E-state index contributed by atoms with van der Waals surface area (Å²) in [6.45, 7) is 8.61. The second kappa shape index (κ2) is 9.07. The van der Waals surface area contributed by atoms with E-state index in [2.05, 4.69) is 11.8 Å². The van der Waals surface area contributed by atoms with Crippen molar-refractivity contribution >= 4 is 15.9 Å². The van der Waals surface area contributed by atoms with Crippen LogP contribution in [0.5, 0.6) is 0 Å². The summed E-state index contributed by atoms with van der Waals surface area (Å²) in [7, 11) is -1.98. The molecular weight excluding hydrogens is 386 g/mol. The predicted octanol–water partition coefficient (Wildman–Crippen LogP) is 2.59. The number of nitrogens with zero attached hydrogens (tertiary/aromatic N) is 3. The summed E-state index contributed by atoms with van der Waals surface area (Å²) in [4.78, 5) is 17.2. The van der Waals surface area contributed by atoms with Crippen LogP contribution in [0, 0.1) is 6.92 Å². The number of piperazine rings is 1. The van der Waals surface area contributed by atoms with Crippen molar-refractivity contribution in [3.05, 3.63) is 65.2 Å². The molecule has 3 rings (SSSR count). The van der Waals surface area contributed by atoms with Crippen LogP contribution < -0.4 is 0 Å². The SMILES string of the molecule is CCN1CCN(C(=O)c2ccc(CN(C)S(=O)(=O)c3ccc(C)cc3)cc2)CC1. The number of sulfonamides is 1. The smallest absolute Gasteiger partial charge is 0.253 e. The number of hydrogen-bond donors (Lipinski definition) is 0. The van der Waals surface area contributed by atoms with Crippen LogP contribution in [0.25, 0.3) is 0 Å². The van der Waals surface area contributed by atoms with Crippen LogP contribution in [-0.2, 0) is 16.6 Å². The Morgan fingerprint density at radius 3 is 2.10 bits per heavy atom. The molecule has 0 unspecified atom stereocenters. The lowest BCUT2D eigenvalue weighted by Crippen LogP contribution is -2.48. The average molecular weight is 416 g/mol. The Morgan fingerprint density at radius 2 is 1.55 bits per heavy atom. The number of rotatable bonds is 6. The Kier molecular flexibility index (Phi) is 6.72. The van der Waals surface area contributed by atoms with Crippen LogP contribution in [-0.4, -0.2) is 68.2 Å². The monoisotopic (exact) mass is 415 g/mol. The third kappa shape index (κ3) is 5.04. The Morgan fingerprint density at radius 1 is 0.966 bits per heavy atom. The first-order valence-electron chi connectivity index (χ1n) is 9.95. The van der Waals surface area contributed by atoms with Crippen molar-refractivity contribution in [1.29, 1.82) is 0 Å². The Labute approximate surface area is 173 Å². The van der Waals surface area contributed by atoms with E-state index < -0.39 is 10.0 Å². The summed E-state index contributed by atoms with van der Waals surface area (Å²) in [6.07, 6.45) is 0. The molecule has 0 bridgehead atoms. The minimum absolute atomic E-state index is 0.0351. The van der Waals surface area contributed by atoms with Gasteiger partial charge in [0.15, 0.2) is 0 Å². The maximum atomic E-state index is 12.7. The molecule has 1 saturated heterocycles. The van der Waals surface area contributed by atoms with E-state index in [1.807, 2.05) is 24.0 Å². The fraction of sp³-hybridized carbons (Fsp3) is 0.409. The van der Waals surface area contributed by atoms with Crippen LogP contribution in [0.1, 0.15) is 28.4 Å². The number of carbonyl (C=O) groups is 1. The molecule has 1 fully saturated rings. The van der Waals surface area contributed by atoms with Crippen molar-refractivity contribution in [2.75, 3.05) is 39.8 Å². The lowest BCUT2D eigenvalue weighted by atomic mass is 10.1. The number of aryl methyl sites for hydroxylation is 1. The molecule has 0 radical (unpaired) electrons. The van der Waals surface area contributed by atoms with Crippen molar-refractivity contribution in [2.24, 2.45) is 0 Å². The Bertz CT molecular complexity index is 932. The molecule has 0 aromatic heterocycles. The number of carbonyl (C=O) groups excluding carboxylic acids is 1. The van der Waals surface area contributed by atoms with Gasteiger partial charge in [-0.25, -0.2) is 8.42 Å². The first-order valence-corrected chi connectivity index (χ1v) is 11.4. The molecule has 0 spiro atoms. The van der Waals surface area contributed by atoms with Crippen LogP contribution >= 0.6 is 0 Å². The highest BCUT2D eigenvalue weighted by Gasteiger charge is 2.23. The summed E-state index contributed by atoms with van der Waals surface area (Å²) < 4.78 is 26.8. The standard InChI is InChI=1S/C22H29N3O3S/c1-4-24-13-15-25(16-14-24)22(26)20-9-7-19(8-10-20)17-23(3)29(27,28)21-11-5-18(2)6-12-21/h5-12H,4,13-17H2,1-3H3. The Hall–Kier alpha value is -2.22. The van der Waals surface area contributed by atoms with Gasteiger partial charge in [-0.1, -0.05) is 36.8 Å². The van der Waals surface area contributed by atoms with Gasteiger partial charge >= 0.3 is 0 Å². The normalized spacial score (nSPS) is 15.7. The largest absolute Gasteiger partial charge is 0.336 e. The van der Waals surface area contributed by atoms with Crippen LogP contribution in [0.3, 0.4) is 0 Å². The molecule has 1 aliphatic heterocycles. The van der Waals surface area contributed by atoms with Gasteiger partial charge < -0.3 is 9.80 Å². The maximum Gasteiger partial charge on any atom is 0.253 e. The molecule has 6 nitrogen and oxygen atoms in total. The van der Waals surface area contributed by atoms with Gasteiger partial charge in [0.1, 0.15) is 0 Å². The van der Waals surface area contributed by atoms with Gasteiger partial charge in [0.25, 0.3) is 5.91 Å². The second-order valence-electron chi connectivity index (χ2n) is 7.50. The summed E-state index contributed by atoms with van der Waals surface area (Å²) in [5.41, 5.74) is 2.50. The fourth-order valence-electron chi connectivity index (χ4n) is 3.43. The minimum Gasteiger partial charge on any atom is -0.336 e. The van der Waals surface area contributed by atoms with E-state index >= 15 is 0 Å². The lowest BCUT2D eigenvalue weighted by molar-refractivity contribution is 0.0643. The minimum atomic E-state index is -3.55. The van der Waals surface area contributed by atoms with Crippen LogP contribution in [0.2, 0.25) is 0 Å². The van der Waals surface area contributed by atoms with E-state index in [-0.39, 0.29) is 17.3 Å². The van der Waals surface area contributed by atoms with E-state index in [0.717, 1.165) is 43.9 Å². The summed E-state index contributed by atoms with van der Waals surface area (Å²) in [6, 6.07) is 14.1. The zero-order chi connectivity index (χ0) is 21.0. The first-order chi connectivity index (χ1) is 13.8. The van der Waals surface area contributed by atoms with E-state index in [4.69, 9.17) is 0 Å². The summed E-state index contributed by atoms with van der Waals surface area (Å²) >= 11 is 0. The summed E-state index contributed by atoms with van der Waals surface area (Å²) in [5.74, 6) is 0.0351. The number of benzene rings is 2. The molecule has 29 heavy (non-hydrogen) atoms. The number of amides is 1. The highest BCUT2D eigenvalue weighted by molar-refractivity contribution is 7.89. The van der Waals surface area contributed by atoms with E-state index in [0.29, 0.717) is 5.56 Å². The second-order valence-corrected chi connectivity index (χ2v) is 9.54. The molecule has 1 amide bonds. The molecule has 1 heterocycles. The molecule has 0 saturated carbocycles. The molecule has 0 atom stereocenters. The fourth-order valence-corrected chi connectivity index (χ4v) is 4.59. The van der Waals surface area contributed by atoms with Gasteiger partial charge in [-0.3, -0.25) is 4.79 Å². The van der Waals surface area contributed by atoms with E-state index in [1.165, 1.54) is 4.31 Å². The maximum absolute atomic E-state index is 12.7. The van der Waals surface area contributed by atoms with Gasteiger partial charge in [-0.15, -0.1) is 0 Å². The third-order valence-electron chi connectivity index (χ3n) is 5.44. The first kappa shape index (κ1) is 21.5. The van der Waals surface area contributed by atoms with Crippen LogP contribution in [0.15, 0.2) is 53.4 Å². The van der Waals surface area contributed by atoms with E-state index in [9.17, 15) is 13.2 Å². The van der Waals surface area contributed by atoms with Crippen molar-refractivity contribution in [3.8, 4) is 0 Å². The van der Waals surface area contributed by atoms with Gasteiger partial charge in [0.05, 0.1) is 4.90 Å². The highest BCUT2D eigenvalue weighted by Crippen LogP contribution is 2.18. The zero-order valence-corrected chi connectivity index (χ0v) is 18.2.